The third-order valence-electron chi connectivity index (χ3n) is 7.66. The summed E-state index contributed by atoms with van der Waals surface area (Å²) in [5, 5.41) is 12.0. The zero-order valence-electron chi connectivity index (χ0n) is 31.6. The fraction of sp³-hybridized carbons (Fsp3) is 0.632. The third kappa shape index (κ3) is 15.4. The second-order valence-electron chi connectivity index (χ2n) is 13.6. The van der Waals surface area contributed by atoms with Gasteiger partial charge in [-0.3, -0.25) is 14.7 Å². The van der Waals surface area contributed by atoms with E-state index >= 15 is 0 Å². The van der Waals surface area contributed by atoms with E-state index in [1.165, 1.54) is 18.1 Å². The number of carbonyl (C=O) groups is 1. The summed E-state index contributed by atoms with van der Waals surface area (Å²) in [6, 6.07) is 2.61. The number of fused-ring (bicyclic) bond motifs is 1. The SMILES string of the molecule is C/C=C(\C)CN1C[C@@H](CCNCC(C)(C)C)N(n2cnc(NC(=O)CNC3CCc4cc(F)cc(F)c4C3)c2)C1.C=CC.CC.CCC. The van der Waals surface area contributed by atoms with Crippen LogP contribution in [0.2, 0.25) is 0 Å². The maximum Gasteiger partial charge on any atom is 0.239 e. The Hall–Kier alpha value is -3.08. The van der Waals surface area contributed by atoms with Crippen molar-refractivity contribution in [3.05, 3.63) is 71.7 Å². The molecule has 1 unspecified atom stereocenters. The zero-order valence-corrected chi connectivity index (χ0v) is 31.6. The van der Waals surface area contributed by atoms with Gasteiger partial charge < -0.3 is 16.0 Å². The van der Waals surface area contributed by atoms with Crippen molar-refractivity contribution >= 4 is 11.7 Å². The van der Waals surface area contributed by atoms with Gasteiger partial charge in [-0.15, -0.1) is 6.58 Å². The van der Waals surface area contributed by atoms with Crippen LogP contribution < -0.4 is 21.0 Å². The summed E-state index contributed by atoms with van der Waals surface area (Å²) in [6.07, 6.45) is 11.5. The molecule has 1 aliphatic heterocycles. The molecule has 1 aromatic carbocycles. The molecule has 1 amide bonds. The minimum Gasteiger partial charge on any atom is -0.316 e. The molecule has 10 heteroatoms. The Morgan fingerprint density at radius 3 is 2.46 bits per heavy atom. The van der Waals surface area contributed by atoms with E-state index in [2.05, 4.69) is 92.0 Å². The molecule has 4 rings (SSSR count). The Morgan fingerprint density at radius 1 is 1.17 bits per heavy atom. The van der Waals surface area contributed by atoms with Crippen molar-refractivity contribution in [2.75, 3.05) is 49.7 Å². The number of imidazole rings is 1. The van der Waals surface area contributed by atoms with Crippen molar-refractivity contribution in [2.45, 2.75) is 113 Å². The molecule has 1 fully saturated rings. The summed E-state index contributed by atoms with van der Waals surface area (Å²) in [7, 11) is 0. The first-order chi connectivity index (χ1) is 22.8. The number of carbonyl (C=O) groups excluding carboxylic acids is 1. The molecule has 2 aromatic rings. The van der Waals surface area contributed by atoms with Crippen LogP contribution in [0.3, 0.4) is 0 Å². The number of benzene rings is 1. The van der Waals surface area contributed by atoms with Gasteiger partial charge in [0.1, 0.15) is 18.0 Å². The summed E-state index contributed by atoms with van der Waals surface area (Å²) in [5.74, 6) is -0.763. The molecule has 1 saturated heterocycles. The largest absolute Gasteiger partial charge is 0.316 e. The lowest BCUT2D eigenvalue weighted by Gasteiger charge is -2.27. The first-order valence-electron chi connectivity index (χ1n) is 17.8. The maximum atomic E-state index is 14.2. The lowest BCUT2D eigenvalue weighted by molar-refractivity contribution is -0.115. The van der Waals surface area contributed by atoms with E-state index in [9.17, 15) is 13.6 Å². The van der Waals surface area contributed by atoms with Crippen molar-refractivity contribution < 1.29 is 13.6 Å². The van der Waals surface area contributed by atoms with Crippen molar-refractivity contribution in [2.24, 2.45) is 5.41 Å². The van der Waals surface area contributed by atoms with Gasteiger partial charge in [0.05, 0.1) is 25.5 Å². The Bertz CT molecular complexity index is 1250. The van der Waals surface area contributed by atoms with E-state index in [0.29, 0.717) is 30.3 Å². The fourth-order valence-corrected chi connectivity index (χ4v) is 5.47. The standard InChI is InChI=1S/C30H45F2N7O.C3H8.C3H6.C2H6/c1-6-21(2)15-37-16-25(9-10-33-18-30(3,4)5)39(20-37)38-17-28(35-19-38)36-29(40)14-34-24-8-7-22-11-23(31)12-27(32)26(22)13-24;2*1-3-2;1-2/h6,11-12,17,19,24-25,33-34H,7-10,13-16,18,20H2,1-5H3,(H,36,40);3H2,1-2H3;3H,1H2,2H3;1-2H3/b21-6+;;;/t24?,25-;;;/m1.../s1. The van der Waals surface area contributed by atoms with E-state index in [4.69, 9.17) is 0 Å². The monoisotopic (exact) mass is 674 g/mol. The van der Waals surface area contributed by atoms with Gasteiger partial charge in [-0.05, 0) is 82.2 Å². The highest BCUT2D eigenvalue weighted by Gasteiger charge is 2.31. The molecule has 2 atom stereocenters. The van der Waals surface area contributed by atoms with Gasteiger partial charge in [-0.1, -0.05) is 72.6 Å². The average Bonchev–Trinajstić information content (AvgIpc) is 3.66. The summed E-state index contributed by atoms with van der Waals surface area (Å²) < 4.78 is 29.7. The predicted octanol–water partition coefficient (Wildman–Crippen LogP) is 7.45. The first-order valence-corrected chi connectivity index (χ1v) is 17.8. The molecular weight excluding hydrogens is 608 g/mol. The number of rotatable bonds is 11. The Labute approximate surface area is 290 Å². The number of anilines is 1. The average molecular weight is 674 g/mol. The Kier molecular flexibility index (Phi) is 20.2. The van der Waals surface area contributed by atoms with Crippen LogP contribution in [-0.4, -0.2) is 71.9 Å². The molecule has 3 N–H and O–H groups in total. The number of aromatic nitrogens is 2. The van der Waals surface area contributed by atoms with Gasteiger partial charge in [-0.2, -0.15) is 0 Å². The molecule has 272 valence electrons. The molecule has 0 bridgehead atoms. The molecule has 1 aliphatic carbocycles. The number of nitrogens with zero attached hydrogens (tertiary/aromatic N) is 4. The highest BCUT2D eigenvalue weighted by molar-refractivity contribution is 5.91. The fourth-order valence-electron chi connectivity index (χ4n) is 5.47. The van der Waals surface area contributed by atoms with E-state index in [1.54, 1.807) is 12.4 Å². The minimum atomic E-state index is -0.542. The second kappa shape index (κ2) is 22.5. The van der Waals surface area contributed by atoms with Gasteiger partial charge in [0.25, 0.3) is 0 Å². The number of aryl methyl sites for hydroxylation is 1. The number of hydrogen-bond acceptors (Lipinski definition) is 6. The molecule has 2 aliphatic rings. The number of nitrogens with one attached hydrogen (secondary N) is 3. The summed E-state index contributed by atoms with van der Waals surface area (Å²) in [6.45, 7) is 29.1. The van der Waals surface area contributed by atoms with Gasteiger partial charge in [0.15, 0.2) is 5.82 Å². The lowest BCUT2D eigenvalue weighted by atomic mass is 9.88. The van der Waals surface area contributed by atoms with Crippen LogP contribution in [0.25, 0.3) is 0 Å². The van der Waals surface area contributed by atoms with Crippen LogP contribution in [0.15, 0.2) is 49.0 Å². The first kappa shape index (κ1) is 42.9. The number of amides is 1. The molecule has 0 spiro atoms. The van der Waals surface area contributed by atoms with Crippen LogP contribution in [-0.2, 0) is 17.6 Å². The molecule has 1 aromatic heterocycles. The van der Waals surface area contributed by atoms with Crippen LogP contribution >= 0.6 is 0 Å². The van der Waals surface area contributed by atoms with E-state index < -0.39 is 11.6 Å². The Morgan fingerprint density at radius 2 is 1.83 bits per heavy atom. The molecule has 0 saturated carbocycles. The van der Waals surface area contributed by atoms with Gasteiger partial charge in [-0.25, -0.2) is 18.4 Å². The number of allylic oxidation sites excluding steroid dienone is 2. The highest BCUT2D eigenvalue weighted by Crippen LogP contribution is 2.25. The van der Waals surface area contributed by atoms with Crippen LogP contribution in [0.5, 0.6) is 0 Å². The molecule has 48 heavy (non-hydrogen) atoms. The smallest absolute Gasteiger partial charge is 0.239 e. The maximum absolute atomic E-state index is 14.2. The topological polar surface area (TPSA) is 77.5 Å². The van der Waals surface area contributed by atoms with Crippen molar-refractivity contribution in [3.8, 4) is 0 Å². The van der Waals surface area contributed by atoms with E-state index in [1.807, 2.05) is 31.6 Å². The number of halogens is 2. The van der Waals surface area contributed by atoms with Crippen molar-refractivity contribution in [3.63, 3.8) is 0 Å². The predicted molar refractivity (Wildman–Crippen MR) is 199 cm³/mol. The second-order valence-corrected chi connectivity index (χ2v) is 13.6. The zero-order chi connectivity index (χ0) is 36.3. The normalized spacial score (nSPS) is 17.6. The van der Waals surface area contributed by atoms with E-state index in [-0.39, 0.29) is 23.9 Å². The van der Waals surface area contributed by atoms with E-state index in [0.717, 1.165) is 57.3 Å². The molecular formula is C38H65F2N7O. The quantitative estimate of drug-likeness (QED) is 0.170. The number of hydrogen-bond donors (Lipinski definition) is 3. The summed E-state index contributed by atoms with van der Waals surface area (Å²) in [4.78, 5) is 19.6. The Balaban J connectivity index is 0.00000132. The molecule has 8 nitrogen and oxygen atoms in total. The highest BCUT2D eigenvalue weighted by atomic mass is 19.1. The molecule has 0 radical (unpaired) electrons. The van der Waals surface area contributed by atoms with Crippen LogP contribution in [0.4, 0.5) is 14.6 Å². The summed E-state index contributed by atoms with van der Waals surface area (Å²) in [5.41, 5.74) is 2.84. The molecule has 2 heterocycles. The van der Waals surface area contributed by atoms with Gasteiger partial charge in [0.2, 0.25) is 5.91 Å². The van der Waals surface area contributed by atoms with Gasteiger partial charge in [0, 0.05) is 25.2 Å². The van der Waals surface area contributed by atoms with Crippen LogP contribution in [0.1, 0.15) is 99.6 Å². The minimum absolute atomic E-state index is 0.0420. The lowest BCUT2D eigenvalue weighted by Crippen LogP contribution is -2.41. The van der Waals surface area contributed by atoms with Crippen molar-refractivity contribution in [1.82, 2.24) is 25.2 Å². The summed E-state index contributed by atoms with van der Waals surface area (Å²) >= 11 is 0. The van der Waals surface area contributed by atoms with Gasteiger partial charge >= 0.3 is 0 Å². The van der Waals surface area contributed by atoms with Crippen LogP contribution in [0, 0.1) is 17.0 Å². The van der Waals surface area contributed by atoms with Crippen molar-refractivity contribution in [1.29, 1.82) is 0 Å². The third-order valence-corrected chi connectivity index (χ3v) is 7.66.